The van der Waals surface area contributed by atoms with Gasteiger partial charge in [-0.05, 0) is 19.3 Å². The number of thiazole rings is 1. The van der Waals surface area contributed by atoms with Crippen molar-refractivity contribution >= 4 is 17.3 Å². The van der Waals surface area contributed by atoms with Gasteiger partial charge in [0.05, 0.1) is 12.2 Å². The molecule has 0 amide bonds. The van der Waals surface area contributed by atoms with Gasteiger partial charge in [0.1, 0.15) is 5.01 Å². The van der Waals surface area contributed by atoms with Crippen LogP contribution >= 0.6 is 11.3 Å². The van der Waals surface area contributed by atoms with Crippen molar-refractivity contribution in [2.75, 3.05) is 13.1 Å². The molecule has 1 heterocycles. The minimum atomic E-state index is 0.491. The number of hydrogen-bond acceptors (Lipinski definition) is 3. The zero-order valence-corrected chi connectivity index (χ0v) is 12.6. The molecular formula is C13H24N4S. The van der Waals surface area contributed by atoms with E-state index in [1.165, 1.54) is 0 Å². The molecule has 0 aliphatic rings. The van der Waals surface area contributed by atoms with Gasteiger partial charge in [-0.3, -0.25) is 0 Å². The van der Waals surface area contributed by atoms with E-state index in [0.717, 1.165) is 36.2 Å². The largest absolute Gasteiger partial charge is 0.357 e. The molecule has 102 valence electrons. The predicted octanol–water partition coefficient (Wildman–Crippen LogP) is 2.73. The summed E-state index contributed by atoms with van der Waals surface area (Å²) in [6, 6.07) is 0. The number of guanidine groups is 1. The Morgan fingerprint density at radius 2 is 2.17 bits per heavy atom. The van der Waals surface area contributed by atoms with Gasteiger partial charge in [-0.2, -0.15) is 0 Å². The van der Waals surface area contributed by atoms with Gasteiger partial charge in [-0.1, -0.05) is 20.8 Å². The summed E-state index contributed by atoms with van der Waals surface area (Å²) in [6.45, 7) is 11.0. The third-order valence-corrected chi connectivity index (χ3v) is 3.27. The normalized spacial score (nSPS) is 11.9. The monoisotopic (exact) mass is 268 g/mol. The second kappa shape index (κ2) is 8.08. The molecule has 0 aromatic carbocycles. The fourth-order valence-electron chi connectivity index (χ4n) is 1.39. The van der Waals surface area contributed by atoms with Crippen molar-refractivity contribution in [3.63, 3.8) is 0 Å². The van der Waals surface area contributed by atoms with Gasteiger partial charge < -0.3 is 10.6 Å². The van der Waals surface area contributed by atoms with Crippen LogP contribution in [0.2, 0.25) is 0 Å². The SMILES string of the molecule is CCCNC(=NCc1nc(C(C)C)cs1)NCC. The minimum Gasteiger partial charge on any atom is -0.357 e. The molecular weight excluding hydrogens is 244 g/mol. The highest BCUT2D eigenvalue weighted by Crippen LogP contribution is 2.18. The Morgan fingerprint density at radius 3 is 2.72 bits per heavy atom. The summed E-state index contributed by atoms with van der Waals surface area (Å²) in [5, 5.41) is 9.72. The molecule has 1 aromatic heterocycles. The zero-order chi connectivity index (χ0) is 13.4. The number of aliphatic imine (C=N–C) groups is 1. The molecule has 0 saturated carbocycles. The van der Waals surface area contributed by atoms with Crippen LogP contribution in [0, 0.1) is 0 Å². The van der Waals surface area contributed by atoms with E-state index in [0.29, 0.717) is 12.5 Å². The van der Waals surface area contributed by atoms with E-state index in [4.69, 9.17) is 0 Å². The molecule has 1 rings (SSSR count). The van der Waals surface area contributed by atoms with Crippen molar-refractivity contribution in [3.8, 4) is 0 Å². The second-order valence-electron chi connectivity index (χ2n) is 4.44. The van der Waals surface area contributed by atoms with Crippen LogP contribution in [0.3, 0.4) is 0 Å². The minimum absolute atomic E-state index is 0.491. The van der Waals surface area contributed by atoms with Crippen LogP contribution in [0.15, 0.2) is 10.4 Å². The van der Waals surface area contributed by atoms with Crippen LogP contribution in [-0.4, -0.2) is 24.0 Å². The standard InChI is InChI=1S/C13H24N4S/c1-5-7-15-13(14-6-2)16-8-12-17-11(9-18-12)10(3)4/h9-10H,5-8H2,1-4H3,(H2,14,15,16). The maximum atomic E-state index is 4.58. The summed E-state index contributed by atoms with van der Waals surface area (Å²) < 4.78 is 0. The molecule has 0 unspecified atom stereocenters. The highest BCUT2D eigenvalue weighted by Gasteiger charge is 2.05. The first-order valence-electron chi connectivity index (χ1n) is 6.63. The van der Waals surface area contributed by atoms with Gasteiger partial charge >= 0.3 is 0 Å². The van der Waals surface area contributed by atoms with E-state index >= 15 is 0 Å². The fourth-order valence-corrected chi connectivity index (χ4v) is 2.27. The lowest BCUT2D eigenvalue weighted by Crippen LogP contribution is -2.37. The van der Waals surface area contributed by atoms with Crippen molar-refractivity contribution in [3.05, 3.63) is 16.1 Å². The van der Waals surface area contributed by atoms with Gasteiger partial charge in [0.2, 0.25) is 0 Å². The molecule has 5 heteroatoms. The number of aromatic nitrogens is 1. The van der Waals surface area contributed by atoms with E-state index in [1.54, 1.807) is 11.3 Å². The summed E-state index contributed by atoms with van der Waals surface area (Å²) in [7, 11) is 0. The third-order valence-electron chi connectivity index (χ3n) is 2.42. The van der Waals surface area contributed by atoms with E-state index in [9.17, 15) is 0 Å². The molecule has 0 aliphatic heterocycles. The number of hydrogen-bond donors (Lipinski definition) is 2. The third kappa shape index (κ3) is 5.04. The molecule has 0 atom stereocenters. The first-order chi connectivity index (χ1) is 8.67. The van der Waals surface area contributed by atoms with Crippen LogP contribution < -0.4 is 10.6 Å². The molecule has 0 radical (unpaired) electrons. The van der Waals surface area contributed by atoms with Crippen molar-refractivity contribution in [1.29, 1.82) is 0 Å². The average Bonchev–Trinajstić information content (AvgIpc) is 2.81. The Morgan fingerprint density at radius 1 is 1.39 bits per heavy atom. The summed E-state index contributed by atoms with van der Waals surface area (Å²) in [5.41, 5.74) is 1.16. The van der Waals surface area contributed by atoms with Gasteiger partial charge in [0.15, 0.2) is 5.96 Å². The molecule has 0 fully saturated rings. The molecule has 18 heavy (non-hydrogen) atoms. The summed E-state index contributed by atoms with van der Waals surface area (Å²) in [4.78, 5) is 9.11. The van der Waals surface area contributed by atoms with Gasteiger partial charge in [0.25, 0.3) is 0 Å². The summed E-state index contributed by atoms with van der Waals surface area (Å²) in [6.07, 6.45) is 1.10. The highest BCUT2D eigenvalue weighted by molar-refractivity contribution is 7.09. The summed E-state index contributed by atoms with van der Waals surface area (Å²) in [5.74, 6) is 1.37. The van der Waals surface area contributed by atoms with Crippen molar-refractivity contribution in [2.24, 2.45) is 4.99 Å². The molecule has 0 spiro atoms. The highest BCUT2D eigenvalue weighted by atomic mass is 32.1. The molecule has 0 bridgehead atoms. The van der Waals surface area contributed by atoms with Gasteiger partial charge in [0, 0.05) is 18.5 Å². The Hall–Kier alpha value is -1.10. The number of rotatable bonds is 6. The van der Waals surface area contributed by atoms with Crippen LogP contribution in [0.1, 0.15) is 50.7 Å². The molecule has 1 aromatic rings. The maximum Gasteiger partial charge on any atom is 0.191 e. The van der Waals surface area contributed by atoms with Crippen molar-refractivity contribution in [1.82, 2.24) is 15.6 Å². The van der Waals surface area contributed by atoms with Gasteiger partial charge in [-0.15, -0.1) is 11.3 Å². The topological polar surface area (TPSA) is 49.3 Å². The first kappa shape index (κ1) is 15.0. The smallest absolute Gasteiger partial charge is 0.191 e. The van der Waals surface area contributed by atoms with Crippen molar-refractivity contribution in [2.45, 2.75) is 46.6 Å². The lowest BCUT2D eigenvalue weighted by atomic mass is 10.2. The lowest BCUT2D eigenvalue weighted by Gasteiger charge is -2.09. The quantitative estimate of drug-likeness (QED) is 0.616. The van der Waals surface area contributed by atoms with Gasteiger partial charge in [-0.25, -0.2) is 9.98 Å². The fraction of sp³-hybridized carbons (Fsp3) is 0.692. The lowest BCUT2D eigenvalue weighted by molar-refractivity contribution is 0.782. The van der Waals surface area contributed by atoms with Crippen LogP contribution in [-0.2, 0) is 6.54 Å². The molecule has 2 N–H and O–H groups in total. The maximum absolute atomic E-state index is 4.58. The Balaban J connectivity index is 2.56. The van der Waals surface area contributed by atoms with Crippen LogP contribution in [0.4, 0.5) is 0 Å². The summed E-state index contributed by atoms with van der Waals surface area (Å²) >= 11 is 1.69. The molecule has 0 saturated heterocycles. The van der Waals surface area contributed by atoms with Crippen molar-refractivity contribution < 1.29 is 0 Å². The van der Waals surface area contributed by atoms with Crippen LogP contribution in [0.25, 0.3) is 0 Å². The zero-order valence-electron chi connectivity index (χ0n) is 11.8. The first-order valence-corrected chi connectivity index (χ1v) is 7.51. The van der Waals surface area contributed by atoms with E-state index in [-0.39, 0.29) is 0 Å². The number of nitrogens with zero attached hydrogens (tertiary/aromatic N) is 2. The van der Waals surface area contributed by atoms with E-state index < -0.39 is 0 Å². The van der Waals surface area contributed by atoms with E-state index in [2.05, 4.69) is 53.7 Å². The Kier molecular flexibility index (Phi) is 6.72. The predicted molar refractivity (Wildman–Crippen MR) is 79.3 cm³/mol. The molecule has 0 aliphatic carbocycles. The Bertz CT molecular complexity index is 371. The van der Waals surface area contributed by atoms with Crippen LogP contribution in [0.5, 0.6) is 0 Å². The number of nitrogens with one attached hydrogen (secondary N) is 2. The Labute approximate surface area is 114 Å². The average molecular weight is 268 g/mol. The second-order valence-corrected chi connectivity index (χ2v) is 5.39. The molecule has 4 nitrogen and oxygen atoms in total. The van der Waals surface area contributed by atoms with E-state index in [1.807, 2.05) is 0 Å².